The van der Waals surface area contributed by atoms with Crippen molar-refractivity contribution < 1.29 is 9.53 Å². The fraction of sp³-hybridized carbons (Fsp3) is 0.667. The highest BCUT2D eigenvalue weighted by molar-refractivity contribution is 5.87. The lowest BCUT2D eigenvalue weighted by atomic mass is 10.0. The second-order valence-electron chi connectivity index (χ2n) is 6.20. The fourth-order valence-corrected chi connectivity index (χ4v) is 2.74. The fourth-order valence-electron chi connectivity index (χ4n) is 2.74. The van der Waals surface area contributed by atoms with Crippen LogP contribution in [0, 0.1) is 5.92 Å². The van der Waals surface area contributed by atoms with Crippen LogP contribution in [0.15, 0.2) is 12.3 Å². The van der Waals surface area contributed by atoms with Crippen molar-refractivity contribution in [2.45, 2.75) is 37.8 Å². The second-order valence-corrected chi connectivity index (χ2v) is 6.20. The van der Waals surface area contributed by atoms with Gasteiger partial charge in [-0.3, -0.25) is 5.32 Å². The molecule has 22 heavy (non-hydrogen) atoms. The molecule has 2 amide bonds. The lowest BCUT2D eigenvalue weighted by Gasteiger charge is -2.30. The minimum absolute atomic E-state index is 0.163. The van der Waals surface area contributed by atoms with E-state index in [1.54, 1.807) is 12.3 Å². The maximum atomic E-state index is 12.1. The van der Waals surface area contributed by atoms with E-state index in [1.807, 2.05) is 19.0 Å². The van der Waals surface area contributed by atoms with Crippen molar-refractivity contribution in [3.63, 3.8) is 0 Å². The molecule has 1 saturated heterocycles. The highest BCUT2D eigenvalue weighted by atomic mass is 16.5. The first-order valence-electron chi connectivity index (χ1n) is 7.81. The first-order chi connectivity index (χ1) is 10.6. The molecule has 0 bridgehead atoms. The predicted octanol–water partition coefficient (Wildman–Crippen LogP) is 1.62. The Morgan fingerprint density at radius 1 is 1.36 bits per heavy atom. The van der Waals surface area contributed by atoms with Crippen molar-refractivity contribution in [3.05, 3.63) is 12.3 Å². The van der Waals surface area contributed by atoms with E-state index in [9.17, 15) is 4.79 Å². The first kappa shape index (κ1) is 15.0. The van der Waals surface area contributed by atoms with Gasteiger partial charge in [0.05, 0.1) is 6.10 Å². The number of aromatic nitrogens is 2. The SMILES string of the molecule is CN(C)c1ccnc(NC(=O)N[C@@H]2CCO[C@H](C3CC3)C2)n1. The number of nitrogens with zero attached hydrogens (tertiary/aromatic N) is 3. The average Bonchev–Trinajstić information content (AvgIpc) is 3.32. The Bertz CT molecular complexity index is 532. The Labute approximate surface area is 130 Å². The predicted molar refractivity (Wildman–Crippen MR) is 84.0 cm³/mol. The van der Waals surface area contributed by atoms with E-state index in [4.69, 9.17) is 4.74 Å². The quantitative estimate of drug-likeness (QED) is 0.883. The van der Waals surface area contributed by atoms with Gasteiger partial charge >= 0.3 is 6.03 Å². The molecule has 120 valence electrons. The van der Waals surface area contributed by atoms with Gasteiger partial charge in [-0.05, 0) is 37.7 Å². The monoisotopic (exact) mass is 305 g/mol. The molecule has 2 heterocycles. The summed E-state index contributed by atoms with van der Waals surface area (Å²) in [5.41, 5.74) is 0. The molecule has 1 aliphatic heterocycles. The molecular weight excluding hydrogens is 282 g/mol. The van der Waals surface area contributed by atoms with E-state index in [2.05, 4.69) is 20.6 Å². The van der Waals surface area contributed by atoms with Crippen molar-refractivity contribution in [3.8, 4) is 0 Å². The van der Waals surface area contributed by atoms with Gasteiger partial charge in [-0.25, -0.2) is 9.78 Å². The summed E-state index contributed by atoms with van der Waals surface area (Å²) in [6.07, 6.45) is 6.22. The van der Waals surface area contributed by atoms with E-state index in [-0.39, 0.29) is 12.1 Å². The van der Waals surface area contributed by atoms with Gasteiger partial charge in [-0.15, -0.1) is 0 Å². The van der Waals surface area contributed by atoms with Crippen LogP contribution in [0.25, 0.3) is 0 Å². The summed E-state index contributed by atoms with van der Waals surface area (Å²) in [7, 11) is 3.79. The molecule has 0 aromatic carbocycles. The number of ether oxygens (including phenoxy) is 1. The van der Waals surface area contributed by atoms with Gasteiger partial charge in [0.25, 0.3) is 0 Å². The Balaban J connectivity index is 1.52. The van der Waals surface area contributed by atoms with E-state index in [1.165, 1.54) is 12.8 Å². The van der Waals surface area contributed by atoms with E-state index >= 15 is 0 Å². The summed E-state index contributed by atoms with van der Waals surface area (Å²) < 4.78 is 5.77. The summed E-state index contributed by atoms with van der Waals surface area (Å²) in [4.78, 5) is 22.3. The minimum atomic E-state index is -0.252. The van der Waals surface area contributed by atoms with Crippen LogP contribution in [-0.4, -0.2) is 48.8 Å². The Morgan fingerprint density at radius 2 is 2.18 bits per heavy atom. The number of hydrogen-bond donors (Lipinski definition) is 2. The van der Waals surface area contributed by atoms with Crippen molar-refractivity contribution in [1.29, 1.82) is 0 Å². The van der Waals surface area contributed by atoms with Crippen LogP contribution in [0.3, 0.4) is 0 Å². The normalized spacial score (nSPS) is 24.6. The molecule has 7 nitrogen and oxygen atoms in total. The lowest BCUT2D eigenvalue weighted by Crippen LogP contribution is -2.44. The van der Waals surface area contributed by atoms with Gasteiger partial charge in [0.1, 0.15) is 5.82 Å². The lowest BCUT2D eigenvalue weighted by molar-refractivity contribution is -0.00890. The molecule has 7 heteroatoms. The third kappa shape index (κ3) is 3.85. The molecule has 0 unspecified atom stereocenters. The molecule has 1 aromatic heterocycles. The van der Waals surface area contributed by atoms with Crippen LogP contribution in [-0.2, 0) is 4.74 Å². The van der Waals surface area contributed by atoms with Crippen molar-refractivity contribution >= 4 is 17.8 Å². The number of rotatable bonds is 4. The molecule has 2 fully saturated rings. The number of nitrogens with one attached hydrogen (secondary N) is 2. The van der Waals surface area contributed by atoms with Gasteiger partial charge < -0.3 is 15.0 Å². The Kier molecular flexibility index (Phi) is 4.42. The topological polar surface area (TPSA) is 79.4 Å². The summed E-state index contributed by atoms with van der Waals surface area (Å²) in [6.45, 7) is 0.721. The van der Waals surface area contributed by atoms with Crippen LogP contribution in [0.4, 0.5) is 16.6 Å². The van der Waals surface area contributed by atoms with Crippen molar-refractivity contribution in [1.82, 2.24) is 15.3 Å². The standard InChI is InChI=1S/C15H23N5O2/c1-20(2)13-5-7-16-14(18-13)19-15(21)17-11-6-8-22-12(9-11)10-3-4-10/h5,7,10-12H,3-4,6,8-9H2,1-2H3,(H2,16,17,18,19,21)/t11-,12+/m1/s1. The smallest absolute Gasteiger partial charge is 0.321 e. The first-order valence-corrected chi connectivity index (χ1v) is 7.81. The number of hydrogen-bond acceptors (Lipinski definition) is 5. The summed E-state index contributed by atoms with van der Waals surface area (Å²) >= 11 is 0. The van der Waals surface area contributed by atoms with Crippen molar-refractivity contribution in [2.75, 3.05) is 30.9 Å². The zero-order valence-corrected chi connectivity index (χ0v) is 13.1. The molecule has 0 radical (unpaired) electrons. The van der Waals surface area contributed by atoms with Crippen LogP contribution in [0.1, 0.15) is 25.7 Å². The number of carbonyl (C=O) groups is 1. The molecule has 2 N–H and O–H groups in total. The number of anilines is 2. The summed E-state index contributed by atoms with van der Waals surface area (Å²) in [6, 6.07) is 1.70. The highest BCUT2D eigenvalue weighted by Crippen LogP contribution is 2.38. The Hall–Kier alpha value is -1.89. The third-order valence-corrected chi connectivity index (χ3v) is 4.12. The molecular formula is C15H23N5O2. The zero-order valence-electron chi connectivity index (χ0n) is 13.1. The maximum Gasteiger partial charge on any atom is 0.321 e. The van der Waals surface area contributed by atoms with Crippen LogP contribution in [0.5, 0.6) is 0 Å². The van der Waals surface area contributed by atoms with E-state index in [0.717, 1.165) is 25.3 Å². The molecule has 2 atom stereocenters. The van der Waals surface area contributed by atoms with Gasteiger partial charge in [0, 0.05) is 32.9 Å². The van der Waals surface area contributed by atoms with E-state index < -0.39 is 0 Å². The van der Waals surface area contributed by atoms with Gasteiger partial charge in [0.2, 0.25) is 5.95 Å². The highest BCUT2D eigenvalue weighted by Gasteiger charge is 2.36. The molecule has 1 aromatic rings. The van der Waals surface area contributed by atoms with Gasteiger partial charge in [-0.2, -0.15) is 4.98 Å². The van der Waals surface area contributed by atoms with Gasteiger partial charge in [0.15, 0.2) is 0 Å². The second kappa shape index (κ2) is 6.48. The molecule has 0 spiro atoms. The average molecular weight is 305 g/mol. The van der Waals surface area contributed by atoms with Crippen LogP contribution < -0.4 is 15.5 Å². The van der Waals surface area contributed by atoms with Crippen LogP contribution >= 0.6 is 0 Å². The largest absolute Gasteiger partial charge is 0.378 e. The Morgan fingerprint density at radius 3 is 2.91 bits per heavy atom. The van der Waals surface area contributed by atoms with Gasteiger partial charge in [-0.1, -0.05) is 0 Å². The molecule has 1 aliphatic carbocycles. The van der Waals surface area contributed by atoms with E-state index in [0.29, 0.717) is 18.0 Å². The third-order valence-electron chi connectivity index (χ3n) is 4.12. The van der Waals surface area contributed by atoms with Crippen LogP contribution in [0.2, 0.25) is 0 Å². The molecule has 2 aliphatic rings. The summed E-state index contributed by atoms with van der Waals surface area (Å²) in [5.74, 6) is 1.77. The summed E-state index contributed by atoms with van der Waals surface area (Å²) in [5, 5.41) is 5.71. The molecule has 3 rings (SSSR count). The molecule has 1 saturated carbocycles. The zero-order chi connectivity index (χ0) is 15.5. The van der Waals surface area contributed by atoms with Crippen molar-refractivity contribution in [2.24, 2.45) is 5.92 Å². The minimum Gasteiger partial charge on any atom is -0.378 e. The number of urea groups is 1. The maximum absolute atomic E-state index is 12.1. The number of carbonyl (C=O) groups excluding carboxylic acids is 1. The number of amides is 2.